The summed E-state index contributed by atoms with van der Waals surface area (Å²) < 4.78 is 10.6. The van der Waals surface area contributed by atoms with E-state index in [9.17, 15) is 0 Å². The van der Waals surface area contributed by atoms with Gasteiger partial charge in [-0.25, -0.2) is 0 Å². The predicted octanol–water partition coefficient (Wildman–Crippen LogP) is 2.97. The molecule has 0 amide bonds. The number of rotatable bonds is 11. The molecule has 0 spiro atoms. The molecule has 1 aliphatic rings. The van der Waals surface area contributed by atoms with Gasteiger partial charge in [0.2, 0.25) is 0 Å². The third-order valence-corrected chi connectivity index (χ3v) is 4.43. The van der Waals surface area contributed by atoms with Crippen LogP contribution in [-0.2, 0) is 11.2 Å². The van der Waals surface area contributed by atoms with Crippen LogP contribution in [0.4, 0.5) is 0 Å². The van der Waals surface area contributed by atoms with Crippen molar-refractivity contribution >= 4 is 5.96 Å². The van der Waals surface area contributed by atoms with Gasteiger partial charge in [0.15, 0.2) is 5.96 Å². The zero-order valence-corrected chi connectivity index (χ0v) is 14.6. The highest BCUT2D eigenvalue weighted by Gasteiger charge is 2.41. The first-order valence-corrected chi connectivity index (χ1v) is 8.81. The van der Waals surface area contributed by atoms with Crippen LogP contribution >= 0.6 is 0 Å². The van der Waals surface area contributed by atoms with E-state index in [1.807, 2.05) is 12.1 Å². The first-order valence-electron chi connectivity index (χ1n) is 8.81. The second kappa shape index (κ2) is 9.60. The van der Waals surface area contributed by atoms with Gasteiger partial charge in [0.05, 0.1) is 6.26 Å². The molecule has 0 bridgehead atoms. The SMILES string of the molecule is CCCCNC(=NCC1(CCOC)CC1)NCCc1ccco1. The number of hydrogen-bond donors (Lipinski definition) is 2. The van der Waals surface area contributed by atoms with Crippen LogP contribution in [0.1, 0.15) is 44.8 Å². The number of aliphatic imine (C=N–C) groups is 1. The summed E-state index contributed by atoms with van der Waals surface area (Å²) >= 11 is 0. The van der Waals surface area contributed by atoms with E-state index in [1.165, 1.54) is 19.3 Å². The van der Waals surface area contributed by atoms with Gasteiger partial charge in [-0.05, 0) is 43.2 Å². The fourth-order valence-corrected chi connectivity index (χ4v) is 2.55. The summed E-state index contributed by atoms with van der Waals surface area (Å²) in [6, 6.07) is 3.93. The van der Waals surface area contributed by atoms with E-state index < -0.39 is 0 Å². The van der Waals surface area contributed by atoms with Crippen LogP contribution in [0.2, 0.25) is 0 Å². The van der Waals surface area contributed by atoms with Crippen molar-refractivity contribution < 1.29 is 9.15 Å². The molecule has 1 aromatic heterocycles. The van der Waals surface area contributed by atoms with Gasteiger partial charge in [0.25, 0.3) is 0 Å². The molecule has 0 aliphatic heterocycles. The maximum Gasteiger partial charge on any atom is 0.191 e. The van der Waals surface area contributed by atoms with Crippen LogP contribution in [0.25, 0.3) is 0 Å². The first kappa shape index (κ1) is 17.9. The summed E-state index contributed by atoms with van der Waals surface area (Å²) in [4.78, 5) is 4.81. The molecule has 0 aromatic carbocycles. The van der Waals surface area contributed by atoms with Crippen molar-refractivity contribution in [3.05, 3.63) is 24.2 Å². The largest absolute Gasteiger partial charge is 0.469 e. The van der Waals surface area contributed by atoms with Crippen LogP contribution in [0.5, 0.6) is 0 Å². The van der Waals surface area contributed by atoms with Gasteiger partial charge in [0, 0.05) is 39.8 Å². The van der Waals surface area contributed by atoms with Crippen LogP contribution in [0.15, 0.2) is 27.8 Å². The molecular weight excluding hydrogens is 290 g/mol. The molecule has 1 fully saturated rings. The Kier molecular flexibility index (Phi) is 7.46. The summed E-state index contributed by atoms with van der Waals surface area (Å²) in [6.45, 7) is 5.72. The predicted molar refractivity (Wildman–Crippen MR) is 93.8 cm³/mol. The van der Waals surface area contributed by atoms with E-state index in [0.717, 1.165) is 57.2 Å². The summed E-state index contributed by atoms with van der Waals surface area (Å²) in [6.07, 6.45) is 8.59. The smallest absolute Gasteiger partial charge is 0.191 e. The van der Waals surface area contributed by atoms with Crippen LogP contribution in [0, 0.1) is 5.41 Å². The molecule has 5 nitrogen and oxygen atoms in total. The molecule has 2 N–H and O–H groups in total. The number of hydrogen-bond acceptors (Lipinski definition) is 3. The van der Waals surface area contributed by atoms with Gasteiger partial charge in [-0.3, -0.25) is 4.99 Å². The lowest BCUT2D eigenvalue weighted by Crippen LogP contribution is -2.39. The zero-order valence-electron chi connectivity index (χ0n) is 14.6. The number of furan rings is 1. The summed E-state index contributed by atoms with van der Waals surface area (Å²) in [7, 11) is 1.77. The fraction of sp³-hybridized carbons (Fsp3) is 0.722. The maximum atomic E-state index is 5.37. The van der Waals surface area contributed by atoms with Gasteiger partial charge >= 0.3 is 0 Å². The number of nitrogens with zero attached hydrogens (tertiary/aromatic N) is 1. The molecule has 0 radical (unpaired) electrons. The summed E-state index contributed by atoms with van der Waals surface area (Å²) in [5.74, 6) is 1.93. The van der Waals surface area contributed by atoms with E-state index in [4.69, 9.17) is 14.1 Å². The highest BCUT2D eigenvalue weighted by Crippen LogP contribution is 2.48. The number of ether oxygens (including phenoxy) is 1. The monoisotopic (exact) mass is 321 g/mol. The number of guanidine groups is 1. The van der Waals surface area contributed by atoms with Gasteiger partial charge in [-0.1, -0.05) is 13.3 Å². The molecule has 0 atom stereocenters. The molecule has 130 valence electrons. The van der Waals surface area contributed by atoms with Gasteiger partial charge < -0.3 is 19.8 Å². The van der Waals surface area contributed by atoms with Gasteiger partial charge in [0.1, 0.15) is 5.76 Å². The van der Waals surface area contributed by atoms with Crippen LogP contribution < -0.4 is 10.6 Å². The average molecular weight is 321 g/mol. The molecule has 1 aliphatic carbocycles. The number of nitrogens with one attached hydrogen (secondary N) is 2. The topological polar surface area (TPSA) is 58.8 Å². The molecule has 1 saturated carbocycles. The molecule has 5 heteroatoms. The second-order valence-corrected chi connectivity index (χ2v) is 6.44. The Hall–Kier alpha value is -1.49. The van der Waals surface area contributed by atoms with Crippen LogP contribution in [0.3, 0.4) is 0 Å². The van der Waals surface area contributed by atoms with Crippen LogP contribution in [-0.4, -0.2) is 39.3 Å². The molecule has 0 unspecified atom stereocenters. The van der Waals surface area contributed by atoms with Crippen molar-refractivity contribution in [1.82, 2.24) is 10.6 Å². The van der Waals surface area contributed by atoms with Crippen molar-refractivity contribution in [2.45, 2.75) is 45.4 Å². The molecule has 23 heavy (non-hydrogen) atoms. The van der Waals surface area contributed by atoms with Crippen molar-refractivity contribution in [1.29, 1.82) is 0 Å². The quantitative estimate of drug-likeness (QED) is 0.374. The fourth-order valence-electron chi connectivity index (χ4n) is 2.55. The minimum absolute atomic E-state index is 0.385. The lowest BCUT2D eigenvalue weighted by atomic mass is 10.0. The summed E-state index contributed by atoms with van der Waals surface area (Å²) in [5, 5.41) is 6.86. The van der Waals surface area contributed by atoms with Crippen molar-refractivity contribution in [3.63, 3.8) is 0 Å². The maximum absolute atomic E-state index is 5.37. The zero-order chi connectivity index (χ0) is 16.4. The Morgan fingerprint density at radius 2 is 2.17 bits per heavy atom. The van der Waals surface area contributed by atoms with Gasteiger partial charge in [-0.2, -0.15) is 0 Å². The van der Waals surface area contributed by atoms with Crippen molar-refractivity contribution in [2.75, 3.05) is 33.4 Å². The first-order chi connectivity index (χ1) is 11.3. The number of unbranched alkanes of at least 4 members (excludes halogenated alkanes) is 1. The molecule has 0 saturated heterocycles. The molecule has 1 aromatic rings. The lowest BCUT2D eigenvalue weighted by Gasteiger charge is -2.15. The number of methoxy groups -OCH3 is 1. The highest BCUT2D eigenvalue weighted by molar-refractivity contribution is 5.79. The Morgan fingerprint density at radius 3 is 2.83 bits per heavy atom. The molecular formula is C18H31N3O2. The second-order valence-electron chi connectivity index (χ2n) is 6.44. The van der Waals surface area contributed by atoms with E-state index >= 15 is 0 Å². The molecule has 2 rings (SSSR count). The summed E-state index contributed by atoms with van der Waals surface area (Å²) in [5.41, 5.74) is 0.385. The standard InChI is InChI=1S/C18H31N3O2/c1-3-4-11-19-17(20-12-7-16-6-5-13-23-16)21-15-18(8-9-18)10-14-22-2/h5-6,13H,3-4,7-12,14-15H2,1-2H3,(H2,19,20,21). The Balaban J connectivity index is 1.78. The van der Waals surface area contributed by atoms with Crippen molar-refractivity contribution in [2.24, 2.45) is 10.4 Å². The van der Waals surface area contributed by atoms with Crippen molar-refractivity contribution in [3.8, 4) is 0 Å². The van der Waals surface area contributed by atoms with E-state index in [2.05, 4.69) is 17.6 Å². The minimum Gasteiger partial charge on any atom is -0.469 e. The normalized spacial score (nSPS) is 16.3. The Labute approximate surface area is 139 Å². The Bertz CT molecular complexity index is 453. The third kappa shape index (κ3) is 6.65. The average Bonchev–Trinajstić information content (AvgIpc) is 3.14. The Morgan fingerprint density at radius 1 is 1.35 bits per heavy atom. The third-order valence-electron chi connectivity index (χ3n) is 4.43. The minimum atomic E-state index is 0.385. The van der Waals surface area contributed by atoms with E-state index in [-0.39, 0.29) is 0 Å². The molecule has 1 heterocycles. The highest BCUT2D eigenvalue weighted by atomic mass is 16.5. The van der Waals surface area contributed by atoms with Gasteiger partial charge in [-0.15, -0.1) is 0 Å². The van der Waals surface area contributed by atoms with E-state index in [1.54, 1.807) is 13.4 Å². The lowest BCUT2D eigenvalue weighted by molar-refractivity contribution is 0.174. The van der Waals surface area contributed by atoms with E-state index in [0.29, 0.717) is 5.41 Å².